The average Bonchev–Trinajstić information content (AvgIpc) is 2.09. The Hall–Kier alpha value is -1.10. The van der Waals surface area contributed by atoms with E-state index in [4.69, 9.17) is 9.84 Å². The minimum absolute atomic E-state index is 0.143. The SMILES string of the molecule is CC(C)(C)[Si](C)(C)COC(=O)/C=C\C(=O)O. The Morgan fingerprint density at radius 3 is 2.12 bits per heavy atom. The minimum atomic E-state index is -1.65. The maximum absolute atomic E-state index is 11.2. The lowest BCUT2D eigenvalue weighted by Gasteiger charge is -2.35. The molecule has 0 aliphatic carbocycles. The highest BCUT2D eigenvalue weighted by molar-refractivity contribution is 6.80. The van der Waals surface area contributed by atoms with E-state index in [9.17, 15) is 9.59 Å². The number of esters is 1. The van der Waals surface area contributed by atoms with E-state index in [0.717, 1.165) is 12.2 Å². The van der Waals surface area contributed by atoms with Crippen molar-refractivity contribution in [1.29, 1.82) is 0 Å². The Balaban J connectivity index is 4.26. The van der Waals surface area contributed by atoms with Crippen molar-refractivity contribution in [3.8, 4) is 0 Å². The summed E-state index contributed by atoms with van der Waals surface area (Å²) >= 11 is 0. The lowest BCUT2D eigenvalue weighted by Crippen LogP contribution is -2.43. The minimum Gasteiger partial charge on any atom is -0.478 e. The molecule has 0 aliphatic rings. The van der Waals surface area contributed by atoms with Gasteiger partial charge in [0.1, 0.15) is 0 Å². The number of aliphatic carboxylic acids is 1. The maximum atomic E-state index is 11.2. The van der Waals surface area contributed by atoms with E-state index in [-0.39, 0.29) is 5.04 Å². The van der Waals surface area contributed by atoms with Crippen LogP contribution in [0.3, 0.4) is 0 Å². The molecular weight excluding hydrogens is 224 g/mol. The van der Waals surface area contributed by atoms with E-state index in [1.807, 2.05) is 0 Å². The maximum Gasteiger partial charge on any atom is 0.330 e. The van der Waals surface area contributed by atoms with Gasteiger partial charge < -0.3 is 9.84 Å². The first-order valence-corrected chi connectivity index (χ1v) is 8.35. The van der Waals surface area contributed by atoms with Crippen molar-refractivity contribution in [3.05, 3.63) is 12.2 Å². The fourth-order valence-electron chi connectivity index (χ4n) is 0.656. The monoisotopic (exact) mass is 244 g/mol. The Kier molecular flexibility index (Phi) is 4.93. The molecule has 0 bridgehead atoms. The molecule has 92 valence electrons. The third-order valence-electron chi connectivity index (χ3n) is 2.97. The summed E-state index contributed by atoms with van der Waals surface area (Å²) in [7, 11) is -1.65. The number of hydrogen-bond donors (Lipinski definition) is 1. The number of carboxylic acids is 1. The van der Waals surface area contributed by atoms with Crippen LogP contribution in [0.5, 0.6) is 0 Å². The predicted octanol–water partition coefficient (Wildman–Crippen LogP) is 2.22. The first-order chi connectivity index (χ1) is 7.06. The molecule has 0 rings (SSSR count). The van der Waals surface area contributed by atoms with Gasteiger partial charge >= 0.3 is 11.9 Å². The van der Waals surface area contributed by atoms with E-state index in [1.54, 1.807) is 0 Å². The molecule has 0 aliphatic heterocycles. The molecule has 0 fully saturated rings. The number of carbonyl (C=O) groups is 2. The first-order valence-electron chi connectivity index (χ1n) is 5.14. The van der Waals surface area contributed by atoms with Gasteiger partial charge in [0.05, 0.1) is 14.3 Å². The molecule has 0 saturated heterocycles. The third kappa shape index (κ3) is 5.11. The average molecular weight is 244 g/mol. The second kappa shape index (κ2) is 5.29. The lowest BCUT2D eigenvalue weighted by atomic mass is 10.2. The third-order valence-corrected chi connectivity index (χ3v) is 7.89. The van der Waals surface area contributed by atoms with Gasteiger partial charge in [0.2, 0.25) is 0 Å². The van der Waals surface area contributed by atoms with Crippen LogP contribution in [0.2, 0.25) is 18.1 Å². The molecule has 0 radical (unpaired) electrons. The lowest BCUT2D eigenvalue weighted by molar-refractivity contribution is -0.137. The van der Waals surface area contributed by atoms with E-state index in [0.29, 0.717) is 6.23 Å². The zero-order chi connectivity index (χ0) is 13.0. The van der Waals surface area contributed by atoms with Crippen molar-refractivity contribution >= 4 is 20.0 Å². The summed E-state index contributed by atoms with van der Waals surface area (Å²) in [5, 5.41) is 8.48. The normalized spacial score (nSPS) is 12.8. The van der Waals surface area contributed by atoms with Crippen molar-refractivity contribution in [1.82, 2.24) is 0 Å². The van der Waals surface area contributed by atoms with Gasteiger partial charge in [0, 0.05) is 12.2 Å². The van der Waals surface area contributed by atoms with Gasteiger partial charge in [-0.25, -0.2) is 9.59 Å². The molecule has 0 saturated carbocycles. The topological polar surface area (TPSA) is 63.6 Å². The van der Waals surface area contributed by atoms with Gasteiger partial charge in [0.15, 0.2) is 0 Å². The fraction of sp³-hybridized carbons (Fsp3) is 0.636. The van der Waals surface area contributed by atoms with Gasteiger partial charge in [-0.3, -0.25) is 0 Å². The molecule has 0 amide bonds. The molecule has 0 unspecified atom stereocenters. The zero-order valence-corrected chi connectivity index (χ0v) is 11.5. The van der Waals surface area contributed by atoms with E-state index >= 15 is 0 Å². The second-order valence-electron chi connectivity index (χ2n) is 5.41. The molecule has 0 atom stereocenters. The van der Waals surface area contributed by atoms with Crippen LogP contribution in [0.25, 0.3) is 0 Å². The van der Waals surface area contributed by atoms with Gasteiger partial charge in [-0.05, 0) is 5.04 Å². The van der Waals surface area contributed by atoms with E-state index in [1.165, 1.54) is 0 Å². The van der Waals surface area contributed by atoms with Crippen LogP contribution >= 0.6 is 0 Å². The Labute approximate surface area is 97.3 Å². The highest BCUT2D eigenvalue weighted by atomic mass is 28.3. The van der Waals surface area contributed by atoms with Crippen LogP contribution in [-0.4, -0.2) is 31.3 Å². The van der Waals surface area contributed by atoms with Gasteiger partial charge in [-0.1, -0.05) is 33.9 Å². The molecule has 0 aromatic carbocycles. The summed E-state index contributed by atoms with van der Waals surface area (Å²) in [5.41, 5.74) is 0. The molecule has 0 heterocycles. The fourth-order valence-corrected chi connectivity index (χ4v) is 1.59. The summed E-state index contributed by atoms with van der Waals surface area (Å²) in [6.07, 6.45) is 2.13. The van der Waals surface area contributed by atoms with Crippen molar-refractivity contribution in [2.75, 3.05) is 6.23 Å². The molecule has 0 spiro atoms. The van der Waals surface area contributed by atoms with Crippen molar-refractivity contribution < 1.29 is 19.4 Å². The summed E-state index contributed by atoms with van der Waals surface area (Å²) in [6.45, 7) is 10.7. The van der Waals surface area contributed by atoms with E-state index < -0.39 is 20.0 Å². The van der Waals surface area contributed by atoms with Crippen LogP contribution < -0.4 is 0 Å². The van der Waals surface area contributed by atoms with Crippen molar-refractivity contribution in [3.63, 3.8) is 0 Å². The van der Waals surface area contributed by atoms with E-state index in [2.05, 4.69) is 33.9 Å². The summed E-state index contributed by atoms with van der Waals surface area (Å²) in [4.78, 5) is 21.3. The number of ether oxygens (including phenoxy) is 1. The highest BCUT2D eigenvalue weighted by Crippen LogP contribution is 2.35. The van der Waals surface area contributed by atoms with Crippen LogP contribution in [0, 0.1) is 0 Å². The number of carbonyl (C=O) groups excluding carboxylic acids is 1. The van der Waals surface area contributed by atoms with Crippen molar-refractivity contribution in [2.45, 2.75) is 38.9 Å². The number of hydrogen-bond acceptors (Lipinski definition) is 3. The molecule has 0 aromatic heterocycles. The van der Waals surface area contributed by atoms with Crippen LogP contribution in [0.15, 0.2) is 12.2 Å². The van der Waals surface area contributed by atoms with Crippen LogP contribution in [0.1, 0.15) is 20.8 Å². The predicted molar refractivity (Wildman–Crippen MR) is 64.9 cm³/mol. The molecule has 16 heavy (non-hydrogen) atoms. The molecular formula is C11H20O4Si. The van der Waals surface area contributed by atoms with Gasteiger partial charge in [0.25, 0.3) is 0 Å². The van der Waals surface area contributed by atoms with Crippen molar-refractivity contribution in [2.24, 2.45) is 0 Å². The van der Waals surface area contributed by atoms with Gasteiger partial charge in [-0.15, -0.1) is 0 Å². The molecule has 4 nitrogen and oxygen atoms in total. The summed E-state index contributed by atoms with van der Waals surface area (Å²) in [6, 6.07) is 0. The largest absolute Gasteiger partial charge is 0.478 e. The quantitative estimate of drug-likeness (QED) is 0.468. The van der Waals surface area contributed by atoms with Gasteiger partial charge in [-0.2, -0.15) is 0 Å². The molecule has 0 aromatic rings. The Bertz CT molecular complexity index is 300. The molecule has 5 heteroatoms. The Morgan fingerprint density at radius 2 is 1.75 bits per heavy atom. The number of carboxylic acid groups (broad SMARTS) is 1. The smallest absolute Gasteiger partial charge is 0.330 e. The molecule has 1 N–H and O–H groups in total. The standard InChI is InChI=1S/C11H20O4Si/c1-11(2,3)16(4,5)8-15-10(14)7-6-9(12)13/h6-7H,8H2,1-5H3,(H,12,13)/b7-6-. The number of rotatable bonds is 4. The van der Waals surface area contributed by atoms with Crippen LogP contribution in [0.4, 0.5) is 0 Å². The van der Waals surface area contributed by atoms with Crippen LogP contribution in [-0.2, 0) is 14.3 Å². The summed E-state index contributed by atoms with van der Waals surface area (Å²) in [5.74, 6) is -1.74. The Morgan fingerprint density at radius 1 is 1.25 bits per heavy atom. The highest BCUT2D eigenvalue weighted by Gasteiger charge is 2.36. The summed E-state index contributed by atoms with van der Waals surface area (Å²) < 4.78 is 5.06. The zero-order valence-electron chi connectivity index (χ0n) is 10.5. The first kappa shape index (κ1) is 14.9. The second-order valence-corrected chi connectivity index (χ2v) is 11.0.